The standard InChI is InChI=1S/C16H17NO2/c1-12(18)13-8-4-5-9-14(13)19-16(2,3)15-10-6-7-11-17-15/h4-11H,1-3H3. The number of nitrogens with zero attached hydrogens (tertiary/aromatic N) is 1. The second-order valence-corrected chi connectivity index (χ2v) is 4.88. The highest BCUT2D eigenvalue weighted by Crippen LogP contribution is 2.28. The van der Waals surface area contributed by atoms with Crippen LogP contribution in [0.5, 0.6) is 5.75 Å². The largest absolute Gasteiger partial charge is 0.481 e. The number of carbonyl (C=O) groups excluding carboxylic acids is 1. The molecule has 1 aromatic carbocycles. The number of pyridine rings is 1. The molecule has 0 fully saturated rings. The molecule has 98 valence electrons. The average Bonchev–Trinajstić information content (AvgIpc) is 2.39. The normalized spacial score (nSPS) is 11.1. The van der Waals surface area contributed by atoms with Gasteiger partial charge in [-0.1, -0.05) is 18.2 Å². The van der Waals surface area contributed by atoms with E-state index in [1.807, 2.05) is 44.2 Å². The molecule has 0 aliphatic carbocycles. The Morgan fingerprint density at radius 3 is 2.42 bits per heavy atom. The third kappa shape index (κ3) is 2.99. The summed E-state index contributed by atoms with van der Waals surface area (Å²) in [6.45, 7) is 5.41. The van der Waals surface area contributed by atoms with Gasteiger partial charge in [-0.3, -0.25) is 9.78 Å². The zero-order chi connectivity index (χ0) is 13.9. The van der Waals surface area contributed by atoms with Gasteiger partial charge in [-0.2, -0.15) is 0 Å². The summed E-state index contributed by atoms with van der Waals surface area (Å²) < 4.78 is 6.00. The number of para-hydroxylation sites is 1. The number of hydrogen-bond acceptors (Lipinski definition) is 3. The van der Waals surface area contributed by atoms with Gasteiger partial charge in [0.05, 0.1) is 11.3 Å². The van der Waals surface area contributed by atoms with E-state index in [-0.39, 0.29) is 5.78 Å². The summed E-state index contributed by atoms with van der Waals surface area (Å²) in [6.07, 6.45) is 1.73. The van der Waals surface area contributed by atoms with Crippen LogP contribution in [0.15, 0.2) is 48.7 Å². The first-order valence-electron chi connectivity index (χ1n) is 6.21. The maximum atomic E-state index is 11.6. The van der Waals surface area contributed by atoms with Crippen molar-refractivity contribution in [3.63, 3.8) is 0 Å². The zero-order valence-electron chi connectivity index (χ0n) is 11.4. The molecule has 2 rings (SSSR count). The predicted octanol–water partition coefficient (Wildman–Crippen LogP) is 3.60. The Morgan fingerprint density at radius 1 is 1.11 bits per heavy atom. The van der Waals surface area contributed by atoms with Crippen LogP contribution in [0.1, 0.15) is 36.8 Å². The summed E-state index contributed by atoms with van der Waals surface area (Å²) in [5, 5.41) is 0. The lowest BCUT2D eigenvalue weighted by Gasteiger charge is -2.26. The molecule has 1 aromatic heterocycles. The number of Topliss-reactive ketones (excluding diaryl/α,β-unsaturated/α-hetero) is 1. The van der Waals surface area contributed by atoms with Gasteiger partial charge < -0.3 is 4.74 Å². The van der Waals surface area contributed by atoms with Gasteiger partial charge in [0.2, 0.25) is 0 Å². The van der Waals surface area contributed by atoms with Gasteiger partial charge in [0.1, 0.15) is 11.4 Å². The van der Waals surface area contributed by atoms with E-state index in [1.165, 1.54) is 6.92 Å². The van der Waals surface area contributed by atoms with Crippen molar-refractivity contribution in [1.29, 1.82) is 0 Å². The third-order valence-corrected chi connectivity index (χ3v) is 2.91. The van der Waals surface area contributed by atoms with Crippen molar-refractivity contribution in [1.82, 2.24) is 4.98 Å². The van der Waals surface area contributed by atoms with Crippen molar-refractivity contribution >= 4 is 5.78 Å². The lowest BCUT2D eigenvalue weighted by molar-refractivity contribution is 0.0939. The van der Waals surface area contributed by atoms with Crippen LogP contribution < -0.4 is 4.74 Å². The first kappa shape index (κ1) is 13.3. The van der Waals surface area contributed by atoms with Gasteiger partial charge in [-0.05, 0) is 45.0 Å². The Kier molecular flexibility index (Phi) is 3.65. The van der Waals surface area contributed by atoms with Crippen LogP contribution in [0.2, 0.25) is 0 Å². The van der Waals surface area contributed by atoms with E-state index in [1.54, 1.807) is 18.3 Å². The van der Waals surface area contributed by atoms with E-state index < -0.39 is 5.60 Å². The van der Waals surface area contributed by atoms with E-state index in [9.17, 15) is 4.79 Å². The first-order valence-corrected chi connectivity index (χ1v) is 6.21. The number of carbonyl (C=O) groups is 1. The van der Waals surface area contributed by atoms with Gasteiger partial charge in [0, 0.05) is 6.20 Å². The number of ketones is 1. The number of aromatic nitrogens is 1. The van der Waals surface area contributed by atoms with Crippen molar-refractivity contribution in [3.8, 4) is 5.75 Å². The highest BCUT2D eigenvalue weighted by atomic mass is 16.5. The van der Waals surface area contributed by atoms with Crippen molar-refractivity contribution < 1.29 is 9.53 Å². The number of ether oxygens (including phenoxy) is 1. The molecule has 0 radical (unpaired) electrons. The molecule has 1 heterocycles. The maximum Gasteiger partial charge on any atom is 0.163 e. The molecule has 2 aromatic rings. The molecule has 0 saturated heterocycles. The Balaban J connectivity index is 2.33. The summed E-state index contributed by atoms with van der Waals surface area (Å²) in [4.78, 5) is 15.9. The van der Waals surface area contributed by atoms with Gasteiger partial charge in [0.25, 0.3) is 0 Å². The Hall–Kier alpha value is -2.16. The highest BCUT2D eigenvalue weighted by molar-refractivity contribution is 5.96. The van der Waals surface area contributed by atoms with Crippen LogP contribution in [0.25, 0.3) is 0 Å². The minimum atomic E-state index is -0.590. The summed E-state index contributed by atoms with van der Waals surface area (Å²) in [6, 6.07) is 13.0. The summed E-state index contributed by atoms with van der Waals surface area (Å²) in [5.74, 6) is 0.582. The van der Waals surface area contributed by atoms with E-state index in [4.69, 9.17) is 4.74 Å². The fraction of sp³-hybridized carbons (Fsp3) is 0.250. The van der Waals surface area contributed by atoms with Crippen molar-refractivity contribution in [3.05, 3.63) is 59.9 Å². The lowest BCUT2D eigenvalue weighted by Crippen LogP contribution is -2.27. The van der Waals surface area contributed by atoms with E-state index >= 15 is 0 Å². The molecule has 19 heavy (non-hydrogen) atoms. The molecule has 0 spiro atoms. The lowest BCUT2D eigenvalue weighted by atomic mass is 10.0. The van der Waals surface area contributed by atoms with Crippen LogP contribution >= 0.6 is 0 Å². The number of benzene rings is 1. The molecule has 0 aliphatic heterocycles. The van der Waals surface area contributed by atoms with E-state index in [2.05, 4.69) is 4.98 Å². The number of rotatable bonds is 4. The van der Waals surface area contributed by atoms with Crippen molar-refractivity contribution in [2.24, 2.45) is 0 Å². The molecule has 0 bridgehead atoms. The van der Waals surface area contributed by atoms with Crippen molar-refractivity contribution in [2.45, 2.75) is 26.4 Å². The van der Waals surface area contributed by atoms with Crippen LogP contribution in [0.4, 0.5) is 0 Å². The topological polar surface area (TPSA) is 39.2 Å². The van der Waals surface area contributed by atoms with Crippen LogP contribution in [-0.4, -0.2) is 10.8 Å². The third-order valence-electron chi connectivity index (χ3n) is 2.91. The van der Waals surface area contributed by atoms with Gasteiger partial charge in [0.15, 0.2) is 5.78 Å². The summed E-state index contributed by atoms with van der Waals surface area (Å²) in [7, 11) is 0. The fourth-order valence-corrected chi connectivity index (χ4v) is 1.89. The van der Waals surface area contributed by atoms with Crippen LogP contribution in [-0.2, 0) is 5.60 Å². The van der Waals surface area contributed by atoms with Gasteiger partial charge in [-0.25, -0.2) is 0 Å². The van der Waals surface area contributed by atoms with Crippen LogP contribution in [0.3, 0.4) is 0 Å². The molecule has 3 heteroatoms. The smallest absolute Gasteiger partial charge is 0.163 e. The summed E-state index contributed by atoms with van der Waals surface area (Å²) >= 11 is 0. The van der Waals surface area contributed by atoms with E-state index in [0.29, 0.717) is 11.3 Å². The molecule has 0 unspecified atom stereocenters. The first-order chi connectivity index (χ1) is 9.00. The minimum absolute atomic E-state index is 0.00702. The van der Waals surface area contributed by atoms with Crippen molar-refractivity contribution in [2.75, 3.05) is 0 Å². The van der Waals surface area contributed by atoms with Gasteiger partial charge in [-0.15, -0.1) is 0 Å². The zero-order valence-corrected chi connectivity index (χ0v) is 11.4. The minimum Gasteiger partial charge on any atom is -0.481 e. The Morgan fingerprint density at radius 2 is 1.79 bits per heavy atom. The Labute approximate surface area is 113 Å². The molecular weight excluding hydrogens is 238 g/mol. The molecule has 0 amide bonds. The molecule has 0 atom stereocenters. The molecular formula is C16H17NO2. The predicted molar refractivity (Wildman–Crippen MR) is 74.3 cm³/mol. The second-order valence-electron chi connectivity index (χ2n) is 4.88. The number of hydrogen-bond donors (Lipinski definition) is 0. The second kappa shape index (κ2) is 5.22. The quantitative estimate of drug-likeness (QED) is 0.784. The summed E-state index contributed by atoms with van der Waals surface area (Å²) in [5.41, 5.74) is 0.826. The maximum absolute atomic E-state index is 11.6. The van der Waals surface area contributed by atoms with E-state index in [0.717, 1.165) is 5.69 Å². The Bertz CT molecular complexity index is 576. The SMILES string of the molecule is CC(=O)c1ccccc1OC(C)(C)c1ccccn1. The molecule has 0 aliphatic rings. The van der Waals surface area contributed by atoms with Gasteiger partial charge >= 0.3 is 0 Å². The fourth-order valence-electron chi connectivity index (χ4n) is 1.89. The molecule has 0 saturated carbocycles. The molecule has 3 nitrogen and oxygen atoms in total. The monoisotopic (exact) mass is 255 g/mol. The van der Waals surface area contributed by atoms with Crippen LogP contribution in [0, 0.1) is 0 Å². The molecule has 0 N–H and O–H groups in total. The average molecular weight is 255 g/mol. The highest BCUT2D eigenvalue weighted by Gasteiger charge is 2.25.